The molecule has 0 aliphatic heterocycles. The van der Waals surface area contributed by atoms with E-state index in [1.807, 2.05) is 104 Å². The average molecular weight is 556 g/mol. The van der Waals surface area contributed by atoms with Gasteiger partial charge in [-0.25, -0.2) is 4.79 Å². The number of amides is 2. The van der Waals surface area contributed by atoms with Gasteiger partial charge in [-0.1, -0.05) is 97.1 Å². The number of aromatic amines is 1. The van der Waals surface area contributed by atoms with Gasteiger partial charge in [0.1, 0.15) is 12.1 Å². The summed E-state index contributed by atoms with van der Waals surface area (Å²) >= 11 is 0. The van der Waals surface area contributed by atoms with E-state index in [4.69, 9.17) is 4.74 Å². The van der Waals surface area contributed by atoms with Gasteiger partial charge in [-0.15, -0.1) is 0 Å². The Balaban J connectivity index is 1.27. The summed E-state index contributed by atoms with van der Waals surface area (Å²) in [5.74, 6) is -0.295. The number of fused-ring (bicyclic) bond motifs is 3. The third-order valence-electron chi connectivity index (χ3n) is 7.98. The number of carbonyl (C=O) groups excluding carboxylic acids is 2. The van der Waals surface area contributed by atoms with Crippen LogP contribution in [0.4, 0.5) is 4.79 Å². The number of hydrogen-bond donors (Lipinski definition) is 3. The molecule has 6 nitrogen and oxygen atoms in total. The molecule has 42 heavy (non-hydrogen) atoms. The molecular weight excluding hydrogens is 522 g/mol. The van der Waals surface area contributed by atoms with Crippen molar-refractivity contribution < 1.29 is 14.3 Å². The second kappa shape index (κ2) is 11.4. The third kappa shape index (κ3) is 5.44. The molecule has 0 saturated carbocycles. The Kier molecular flexibility index (Phi) is 7.36. The summed E-state index contributed by atoms with van der Waals surface area (Å²) in [5.41, 5.74) is 2.52. The largest absolute Gasteiger partial charge is 0.445 e. The minimum absolute atomic E-state index is 0.0684. The first-order valence-electron chi connectivity index (χ1n) is 14.2. The standard InChI is InChI=1S/C36H33N3O3/c1-24(25-12-4-3-5-13-25)38-34(40)36(2,21-28-22-37-33-19-11-10-18-31(28)33)39-35(41)42-23-32-29-16-8-6-14-26(29)20-27-15-7-9-17-30(27)32/h3-20,22,24,37H,21,23H2,1-2H3,(H,38,40)(H,39,41)/t24-,36+/m0/s1. The minimum Gasteiger partial charge on any atom is -0.445 e. The molecule has 6 rings (SSSR count). The van der Waals surface area contributed by atoms with Crippen LogP contribution in [0.1, 0.15) is 36.6 Å². The highest BCUT2D eigenvalue weighted by molar-refractivity contribution is 6.02. The number of hydrogen-bond acceptors (Lipinski definition) is 3. The topological polar surface area (TPSA) is 83.2 Å². The molecule has 6 aromatic rings. The Morgan fingerprint density at radius 2 is 1.40 bits per heavy atom. The van der Waals surface area contributed by atoms with E-state index in [0.717, 1.165) is 49.1 Å². The van der Waals surface area contributed by atoms with Crippen LogP contribution >= 0.6 is 0 Å². The fourth-order valence-corrected chi connectivity index (χ4v) is 5.68. The van der Waals surface area contributed by atoms with Crippen LogP contribution in [0.25, 0.3) is 32.4 Å². The van der Waals surface area contributed by atoms with Gasteiger partial charge in [0.25, 0.3) is 0 Å². The Morgan fingerprint density at radius 3 is 2.10 bits per heavy atom. The Bertz CT molecular complexity index is 1840. The second-order valence-corrected chi connectivity index (χ2v) is 11.0. The summed E-state index contributed by atoms with van der Waals surface area (Å²) in [4.78, 5) is 30.6. The van der Waals surface area contributed by atoms with Crippen LogP contribution in [0.3, 0.4) is 0 Å². The van der Waals surface area contributed by atoms with Crippen molar-refractivity contribution in [2.75, 3.05) is 0 Å². The van der Waals surface area contributed by atoms with Crippen LogP contribution < -0.4 is 10.6 Å². The lowest BCUT2D eigenvalue weighted by atomic mass is 9.91. The van der Waals surface area contributed by atoms with Gasteiger partial charge < -0.3 is 20.4 Å². The molecule has 1 heterocycles. The maximum atomic E-state index is 13.9. The molecular formula is C36H33N3O3. The summed E-state index contributed by atoms with van der Waals surface area (Å²) in [5, 5.41) is 11.3. The number of alkyl carbamates (subject to hydrolysis) is 1. The Hall–Kier alpha value is -5.10. The van der Waals surface area contributed by atoms with Gasteiger partial charge in [-0.05, 0) is 58.7 Å². The first-order chi connectivity index (χ1) is 20.4. The van der Waals surface area contributed by atoms with Gasteiger partial charge in [-0.2, -0.15) is 0 Å². The SMILES string of the molecule is C[C@H](NC(=O)[C@@](C)(Cc1c[nH]c2ccccc12)NC(=O)OCc1c2ccccc2cc2ccccc12)c1ccccc1. The molecule has 0 fully saturated rings. The van der Waals surface area contributed by atoms with Crippen molar-refractivity contribution in [2.45, 2.75) is 38.5 Å². The predicted molar refractivity (Wildman–Crippen MR) is 168 cm³/mol. The quantitative estimate of drug-likeness (QED) is 0.169. The van der Waals surface area contributed by atoms with Gasteiger partial charge in [0, 0.05) is 29.1 Å². The molecule has 5 aromatic carbocycles. The van der Waals surface area contributed by atoms with Crippen molar-refractivity contribution in [2.24, 2.45) is 0 Å². The fraction of sp³-hybridized carbons (Fsp3) is 0.167. The molecule has 3 N–H and O–H groups in total. The summed E-state index contributed by atoms with van der Waals surface area (Å²) < 4.78 is 5.85. The van der Waals surface area contributed by atoms with Gasteiger partial charge in [0.2, 0.25) is 5.91 Å². The molecule has 0 aliphatic carbocycles. The van der Waals surface area contributed by atoms with Crippen molar-refractivity contribution in [3.8, 4) is 0 Å². The van der Waals surface area contributed by atoms with Crippen LogP contribution in [-0.2, 0) is 22.6 Å². The average Bonchev–Trinajstić information content (AvgIpc) is 3.41. The van der Waals surface area contributed by atoms with Crippen LogP contribution in [0.15, 0.2) is 115 Å². The molecule has 6 heteroatoms. The van der Waals surface area contributed by atoms with E-state index in [0.29, 0.717) is 0 Å². The van der Waals surface area contributed by atoms with Crippen LogP contribution in [0.2, 0.25) is 0 Å². The molecule has 0 bridgehead atoms. The Morgan fingerprint density at radius 1 is 0.810 bits per heavy atom. The van der Waals surface area contributed by atoms with E-state index < -0.39 is 11.6 Å². The number of ether oxygens (including phenoxy) is 1. The van der Waals surface area contributed by atoms with Gasteiger partial charge in [-0.3, -0.25) is 4.79 Å². The van der Waals surface area contributed by atoms with E-state index >= 15 is 0 Å². The molecule has 210 valence electrons. The highest BCUT2D eigenvalue weighted by atomic mass is 16.5. The lowest BCUT2D eigenvalue weighted by molar-refractivity contribution is -0.127. The zero-order valence-electron chi connectivity index (χ0n) is 23.7. The van der Waals surface area contributed by atoms with Crippen molar-refractivity contribution in [1.82, 2.24) is 15.6 Å². The zero-order chi connectivity index (χ0) is 29.1. The molecule has 0 saturated heterocycles. The third-order valence-corrected chi connectivity index (χ3v) is 7.98. The van der Waals surface area contributed by atoms with Crippen LogP contribution in [0.5, 0.6) is 0 Å². The van der Waals surface area contributed by atoms with E-state index in [2.05, 4.69) is 33.8 Å². The number of nitrogens with one attached hydrogen (secondary N) is 3. The summed E-state index contributed by atoms with van der Waals surface area (Å²) in [6.07, 6.45) is 1.51. The first kappa shape index (κ1) is 27.1. The molecule has 0 radical (unpaired) electrons. The number of carbonyl (C=O) groups is 2. The van der Waals surface area contributed by atoms with Crippen molar-refractivity contribution >= 4 is 44.4 Å². The summed E-state index contributed by atoms with van der Waals surface area (Å²) in [6.45, 7) is 3.75. The first-order valence-corrected chi connectivity index (χ1v) is 14.2. The van der Waals surface area contributed by atoms with Crippen LogP contribution in [-0.4, -0.2) is 22.5 Å². The van der Waals surface area contributed by atoms with Crippen molar-refractivity contribution in [3.63, 3.8) is 0 Å². The number of rotatable bonds is 8. The summed E-state index contributed by atoms with van der Waals surface area (Å²) in [7, 11) is 0. The normalized spacial score (nSPS) is 13.5. The Labute approximate surface area is 244 Å². The summed E-state index contributed by atoms with van der Waals surface area (Å²) in [6, 6.07) is 35.7. The van der Waals surface area contributed by atoms with E-state index in [9.17, 15) is 9.59 Å². The van der Waals surface area contributed by atoms with E-state index in [-0.39, 0.29) is 25.0 Å². The van der Waals surface area contributed by atoms with E-state index in [1.165, 1.54) is 0 Å². The lowest BCUT2D eigenvalue weighted by Crippen LogP contribution is -2.58. The predicted octanol–water partition coefficient (Wildman–Crippen LogP) is 7.58. The molecule has 0 aliphatic rings. The van der Waals surface area contributed by atoms with Crippen molar-refractivity contribution in [1.29, 1.82) is 0 Å². The molecule has 2 amide bonds. The highest BCUT2D eigenvalue weighted by Gasteiger charge is 2.37. The van der Waals surface area contributed by atoms with Gasteiger partial charge >= 0.3 is 6.09 Å². The number of para-hydroxylation sites is 1. The van der Waals surface area contributed by atoms with Gasteiger partial charge in [0.15, 0.2) is 0 Å². The number of H-pyrrole nitrogens is 1. The minimum atomic E-state index is -1.29. The monoisotopic (exact) mass is 555 g/mol. The number of benzene rings is 5. The van der Waals surface area contributed by atoms with Crippen molar-refractivity contribution in [3.05, 3.63) is 132 Å². The second-order valence-electron chi connectivity index (χ2n) is 11.0. The highest BCUT2D eigenvalue weighted by Crippen LogP contribution is 2.29. The zero-order valence-corrected chi connectivity index (χ0v) is 23.7. The maximum absolute atomic E-state index is 13.9. The number of aromatic nitrogens is 1. The van der Waals surface area contributed by atoms with Crippen LogP contribution in [0, 0.1) is 0 Å². The fourth-order valence-electron chi connectivity index (χ4n) is 5.68. The lowest BCUT2D eigenvalue weighted by Gasteiger charge is -2.31. The molecule has 0 unspecified atom stereocenters. The molecule has 0 spiro atoms. The molecule has 2 atom stereocenters. The van der Waals surface area contributed by atoms with Gasteiger partial charge in [0.05, 0.1) is 6.04 Å². The maximum Gasteiger partial charge on any atom is 0.408 e. The van der Waals surface area contributed by atoms with E-state index in [1.54, 1.807) is 6.92 Å². The smallest absolute Gasteiger partial charge is 0.408 e. The molecule has 1 aromatic heterocycles.